The van der Waals surface area contributed by atoms with Gasteiger partial charge in [-0.2, -0.15) is 0 Å². The van der Waals surface area contributed by atoms with Crippen LogP contribution in [0.2, 0.25) is 0 Å². The van der Waals surface area contributed by atoms with Crippen LogP contribution in [0.1, 0.15) is 20.3 Å². The smallest absolute Gasteiger partial charge is 0.236 e. The maximum Gasteiger partial charge on any atom is 0.236 e. The number of nitrogens with one attached hydrogen (secondary N) is 1. The van der Waals surface area contributed by atoms with Crippen molar-refractivity contribution in [2.75, 3.05) is 65.4 Å². The monoisotopic (exact) mass is 298 g/mol. The zero-order valence-corrected chi connectivity index (χ0v) is 13.5. The number of hydrogen-bond donors (Lipinski definition) is 2. The van der Waals surface area contributed by atoms with Crippen LogP contribution in [0.15, 0.2) is 0 Å². The molecule has 0 radical (unpaired) electrons. The molecule has 0 aromatic rings. The maximum absolute atomic E-state index is 12.3. The number of hydrogen-bond acceptors (Lipinski definition) is 5. The molecule has 0 saturated carbocycles. The summed E-state index contributed by atoms with van der Waals surface area (Å²) in [5, 5.41) is 13.2. The highest BCUT2D eigenvalue weighted by Crippen LogP contribution is 2.09. The summed E-state index contributed by atoms with van der Waals surface area (Å²) in [7, 11) is 0. The summed E-state index contributed by atoms with van der Waals surface area (Å²) >= 11 is 0. The third-order valence-corrected chi connectivity index (χ3v) is 4.13. The van der Waals surface area contributed by atoms with Crippen LogP contribution in [0.5, 0.6) is 0 Å². The van der Waals surface area contributed by atoms with Crippen molar-refractivity contribution in [3.05, 3.63) is 0 Å². The Kier molecular flexibility index (Phi) is 5.98. The maximum atomic E-state index is 12.3. The van der Waals surface area contributed by atoms with Crippen LogP contribution in [0.3, 0.4) is 0 Å². The summed E-state index contributed by atoms with van der Waals surface area (Å²) in [6, 6.07) is 0. The van der Waals surface area contributed by atoms with E-state index >= 15 is 0 Å². The molecule has 0 aromatic heterocycles. The molecule has 0 aromatic carbocycles. The van der Waals surface area contributed by atoms with E-state index in [9.17, 15) is 9.90 Å². The number of piperazine rings is 1. The molecule has 21 heavy (non-hydrogen) atoms. The largest absolute Gasteiger partial charge is 0.389 e. The van der Waals surface area contributed by atoms with E-state index in [1.54, 1.807) is 0 Å². The van der Waals surface area contributed by atoms with Gasteiger partial charge < -0.3 is 15.3 Å². The third-order valence-electron chi connectivity index (χ3n) is 4.13. The van der Waals surface area contributed by atoms with Crippen LogP contribution < -0.4 is 5.32 Å². The quantitative estimate of drug-likeness (QED) is 0.711. The highest BCUT2D eigenvalue weighted by Gasteiger charge is 2.25. The Bertz CT molecular complexity index is 327. The molecule has 2 rings (SSSR count). The fraction of sp³-hybridized carbons (Fsp3) is 0.933. The van der Waals surface area contributed by atoms with Crippen molar-refractivity contribution < 1.29 is 9.90 Å². The molecule has 0 bridgehead atoms. The van der Waals surface area contributed by atoms with Crippen LogP contribution >= 0.6 is 0 Å². The SMILES string of the molecule is CC(C)(O)CN1CCN(CC(=O)N2CCCNCC2)CC1. The average molecular weight is 298 g/mol. The molecule has 0 atom stereocenters. The van der Waals surface area contributed by atoms with Crippen molar-refractivity contribution in [3.63, 3.8) is 0 Å². The second-order valence-corrected chi connectivity index (χ2v) is 6.85. The number of rotatable bonds is 4. The molecule has 2 fully saturated rings. The second-order valence-electron chi connectivity index (χ2n) is 6.85. The normalized spacial score (nSPS) is 23.1. The van der Waals surface area contributed by atoms with E-state index in [4.69, 9.17) is 0 Å². The summed E-state index contributed by atoms with van der Waals surface area (Å²) in [6.07, 6.45) is 1.05. The molecule has 2 heterocycles. The van der Waals surface area contributed by atoms with Gasteiger partial charge in [-0.05, 0) is 26.8 Å². The molecule has 0 unspecified atom stereocenters. The van der Waals surface area contributed by atoms with Crippen molar-refractivity contribution >= 4 is 5.91 Å². The minimum Gasteiger partial charge on any atom is -0.389 e. The highest BCUT2D eigenvalue weighted by atomic mass is 16.3. The number of amides is 1. The first-order valence-corrected chi connectivity index (χ1v) is 8.10. The van der Waals surface area contributed by atoms with Gasteiger partial charge in [0.15, 0.2) is 0 Å². The topological polar surface area (TPSA) is 59.1 Å². The first kappa shape index (κ1) is 16.7. The minimum atomic E-state index is -0.642. The molecule has 2 aliphatic rings. The molecular formula is C15H30N4O2. The summed E-state index contributed by atoms with van der Waals surface area (Å²) in [5.41, 5.74) is -0.642. The Hall–Kier alpha value is -0.690. The Morgan fingerprint density at radius 1 is 1.05 bits per heavy atom. The highest BCUT2D eigenvalue weighted by molar-refractivity contribution is 5.78. The molecule has 122 valence electrons. The van der Waals surface area contributed by atoms with Gasteiger partial charge in [0.2, 0.25) is 5.91 Å². The lowest BCUT2D eigenvalue weighted by Gasteiger charge is -2.37. The van der Waals surface area contributed by atoms with Gasteiger partial charge in [0.05, 0.1) is 12.1 Å². The summed E-state index contributed by atoms with van der Waals surface area (Å²) in [4.78, 5) is 18.8. The lowest BCUT2D eigenvalue weighted by molar-refractivity contribution is -0.132. The minimum absolute atomic E-state index is 0.259. The van der Waals surface area contributed by atoms with Gasteiger partial charge in [-0.15, -0.1) is 0 Å². The predicted octanol–water partition coefficient (Wildman–Crippen LogP) is -0.803. The number of β-amino-alcohol motifs (C(OH)–C–C–N with tert-alkyl or cyclic N) is 1. The first-order chi connectivity index (χ1) is 9.94. The molecule has 0 aliphatic carbocycles. The van der Waals surface area contributed by atoms with E-state index in [0.29, 0.717) is 13.1 Å². The number of carbonyl (C=O) groups excluding carboxylic acids is 1. The molecular weight excluding hydrogens is 268 g/mol. The standard InChI is InChI=1S/C15H30N4O2/c1-15(2,21)13-18-10-8-17(9-11-18)12-14(20)19-6-3-4-16-5-7-19/h16,21H,3-13H2,1-2H3. The molecule has 0 spiro atoms. The summed E-state index contributed by atoms with van der Waals surface area (Å²) in [5.74, 6) is 0.259. The van der Waals surface area contributed by atoms with Crippen LogP contribution in [-0.2, 0) is 4.79 Å². The zero-order valence-electron chi connectivity index (χ0n) is 13.5. The van der Waals surface area contributed by atoms with Crippen molar-refractivity contribution in [2.24, 2.45) is 0 Å². The van der Waals surface area contributed by atoms with Gasteiger partial charge >= 0.3 is 0 Å². The molecule has 2 N–H and O–H groups in total. The molecule has 2 saturated heterocycles. The van der Waals surface area contributed by atoms with Crippen molar-refractivity contribution in [3.8, 4) is 0 Å². The Labute approximate surface area is 128 Å². The zero-order chi connectivity index (χ0) is 15.3. The van der Waals surface area contributed by atoms with Crippen molar-refractivity contribution in [1.82, 2.24) is 20.0 Å². The van der Waals surface area contributed by atoms with Crippen molar-refractivity contribution in [1.29, 1.82) is 0 Å². The van der Waals surface area contributed by atoms with Gasteiger partial charge in [-0.25, -0.2) is 0 Å². The van der Waals surface area contributed by atoms with Crippen molar-refractivity contribution in [2.45, 2.75) is 25.9 Å². The first-order valence-electron chi connectivity index (χ1n) is 8.10. The van der Waals surface area contributed by atoms with E-state index < -0.39 is 5.60 Å². The molecule has 2 aliphatic heterocycles. The van der Waals surface area contributed by atoms with Gasteiger partial charge in [0.25, 0.3) is 0 Å². The molecule has 6 heteroatoms. The number of nitrogens with zero attached hydrogens (tertiary/aromatic N) is 3. The van der Waals surface area contributed by atoms with Crippen LogP contribution in [0.4, 0.5) is 0 Å². The lowest BCUT2D eigenvalue weighted by atomic mass is 10.1. The fourth-order valence-electron chi connectivity index (χ4n) is 3.04. The lowest BCUT2D eigenvalue weighted by Crippen LogP contribution is -2.52. The van der Waals surface area contributed by atoms with Gasteiger partial charge in [-0.1, -0.05) is 0 Å². The van der Waals surface area contributed by atoms with Crippen LogP contribution in [0, 0.1) is 0 Å². The van der Waals surface area contributed by atoms with E-state index in [0.717, 1.165) is 58.8 Å². The molecule has 1 amide bonds. The Morgan fingerprint density at radius 3 is 2.38 bits per heavy atom. The summed E-state index contributed by atoms with van der Waals surface area (Å²) in [6.45, 7) is 12.2. The van der Waals surface area contributed by atoms with Crippen LogP contribution in [0.25, 0.3) is 0 Å². The summed E-state index contributed by atoms with van der Waals surface area (Å²) < 4.78 is 0. The van der Waals surface area contributed by atoms with Gasteiger partial charge in [0.1, 0.15) is 0 Å². The molecule has 6 nitrogen and oxygen atoms in total. The van der Waals surface area contributed by atoms with Gasteiger partial charge in [-0.3, -0.25) is 14.6 Å². The number of aliphatic hydroxyl groups is 1. The van der Waals surface area contributed by atoms with E-state index in [2.05, 4.69) is 15.1 Å². The number of carbonyl (C=O) groups is 1. The van der Waals surface area contributed by atoms with E-state index in [-0.39, 0.29) is 5.91 Å². The predicted molar refractivity (Wildman–Crippen MR) is 83.2 cm³/mol. The Morgan fingerprint density at radius 2 is 1.71 bits per heavy atom. The van der Waals surface area contributed by atoms with E-state index in [1.807, 2.05) is 18.7 Å². The second kappa shape index (κ2) is 7.54. The van der Waals surface area contributed by atoms with Gasteiger partial charge in [0, 0.05) is 52.4 Å². The van der Waals surface area contributed by atoms with Crippen LogP contribution in [-0.4, -0.2) is 96.8 Å². The third kappa shape index (κ3) is 5.90. The van der Waals surface area contributed by atoms with E-state index in [1.165, 1.54) is 0 Å². The average Bonchev–Trinajstić information content (AvgIpc) is 2.68. The fourth-order valence-corrected chi connectivity index (χ4v) is 3.04. The Balaban J connectivity index is 1.71.